The Morgan fingerprint density at radius 1 is 0.857 bits per heavy atom. The van der Waals surface area contributed by atoms with Crippen molar-refractivity contribution in [1.29, 1.82) is 0 Å². The Morgan fingerprint density at radius 3 is 2.00 bits per heavy atom. The lowest BCUT2D eigenvalue weighted by Gasteiger charge is -2.19. The minimum Gasteiger partial charge on any atom is -0.295 e. The monoisotopic (exact) mass is 393 g/mol. The molecule has 3 rings (SSSR count). The van der Waals surface area contributed by atoms with Gasteiger partial charge in [-0.15, -0.1) is 0 Å². The molecule has 0 aliphatic heterocycles. The summed E-state index contributed by atoms with van der Waals surface area (Å²) in [6, 6.07) is 23.8. The number of aryl methyl sites for hydroxylation is 1. The van der Waals surface area contributed by atoms with Gasteiger partial charge in [0.1, 0.15) is 0 Å². The Morgan fingerprint density at radius 2 is 1.43 bits per heavy atom. The minimum absolute atomic E-state index is 0.00267. The molecule has 0 aliphatic carbocycles. The van der Waals surface area contributed by atoms with E-state index in [2.05, 4.69) is 4.72 Å². The number of sulfonamides is 1. The van der Waals surface area contributed by atoms with Crippen molar-refractivity contribution < 1.29 is 13.2 Å². The molecule has 28 heavy (non-hydrogen) atoms. The number of carbonyl (C=O) groups is 1. The Balaban J connectivity index is 1.88. The molecule has 4 nitrogen and oxygen atoms in total. The number of nitrogens with one attached hydrogen (secondary N) is 1. The molecule has 1 N–H and O–H groups in total. The van der Waals surface area contributed by atoms with Gasteiger partial charge in [0.15, 0.2) is 5.78 Å². The van der Waals surface area contributed by atoms with Gasteiger partial charge in [-0.2, -0.15) is 0 Å². The van der Waals surface area contributed by atoms with E-state index in [0.717, 1.165) is 16.7 Å². The fourth-order valence-electron chi connectivity index (χ4n) is 3.06. The van der Waals surface area contributed by atoms with E-state index in [4.69, 9.17) is 0 Å². The quantitative estimate of drug-likeness (QED) is 0.609. The van der Waals surface area contributed by atoms with Crippen molar-refractivity contribution in [1.82, 2.24) is 4.72 Å². The third-order valence-corrected chi connectivity index (χ3v) is 6.17. The lowest BCUT2D eigenvalue weighted by molar-refractivity contribution is 0.101. The topological polar surface area (TPSA) is 63.2 Å². The first kappa shape index (κ1) is 20.0. The third-order valence-electron chi connectivity index (χ3n) is 4.73. The van der Waals surface area contributed by atoms with Gasteiger partial charge in [0.05, 0.1) is 4.90 Å². The van der Waals surface area contributed by atoms with Crippen LogP contribution >= 0.6 is 0 Å². The second-order valence-corrected chi connectivity index (χ2v) is 8.57. The standard InChI is InChI=1S/C23H23NO3S/c1-17-8-14-22(15-9-17)28(26,27)24-16-23(20-6-4-3-5-7-20)21-12-10-19(11-13-21)18(2)25/h3-15,23-24H,16H2,1-2H3/t23-/m1/s1. The zero-order valence-electron chi connectivity index (χ0n) is 15.9. The molecule has 0 fully saturated rings. The number of hydrogen-bond donors (Lipinski definition) is 1. The highest BCUT2D eigenvalue weighted by atomic mass is 32.2. The largest absolute Gasteiger partial charge is 0.295 e. The normalized spacial score (nSPS) is 12.5. The smallest absolute Gasteiger partial charge is 0.240 e. The summed E-state index contributed by atoms with van der Waals surface area (Å²) in [5.74, 6) is -0.162. The van der Waals surface area contributed by atoms with Gasteiger partial charge in [0, 0.05) is 18.0 Å². The molecular formula is C23H23NO3S. The lowest BCUT2D eigenvalue weighted by Crippen LogP contribution is -2.29. The highest BCUT2D eigenvalue weighted by molar-refractivity contribution is 7.89. The predicted octanol–water partition coefficient (Wildman–Crippen LogP) is 4.31. The van der Waals surface area contributed by atoms with Gasteiger partial charge in [0.2, 0.25) is 10.0 Å². The molecule has 0 aliphatic rings. The minimum atomic E-state index is -3.61. The molecule has 1 atom stereocenters. The van der Waals surface area contributed by atoms with Gasteiger partial charge in [-0.25, -0.2) is 13.1 Å². The summed E-state index contributed by atoms with van der Waals surface area (Å²) < 4.78 is 28.1. The van der Waals surface area contributed by atoms with E-state index in [0.29, 0.717) is 5.56 Å². The molecular weight excluding hydrogens is 370 g/mol. The van der Waals surface area contributed by atoms with Crippen LogP contribution in [0.3, 0.4) is 0 Å². The van der Waals surface area contributed by atoms with E-state index in [-0.39, 0.29) is 23.1 Å². The van der Waals surface area contributed by atoms with E-state index in [1.807, 2.05) is 49.4 Å². The van der Waals surface area contributed by atoms with Crippen molar-refractivity contribution in [2.24, 2.45) is 0 Å². The summed E-state index contributed by atoms with van der Waals surface area (Å²) in [5.41, 5.74) is 3.59. The molecule has 0 saturated heterocycles. The molecule has 0 bridgehead atoms. The Hall–Kier alpha value is -2.76. The van der Waals surface area contributed by atoms with Crippen molar-refractivity contribution in [3.8, 4) is 0 Å². The van der Waals surface area contributed by atoms with Crippen LogP contribution in [0.1, 0.15) is 39.9 Å². The second kappa shape index (κ2) is 8.50. The van der Waals surface area contributed by atoms with Gasteiger partial charge >= 0.3 is 0 Å². The van der Waals surface area contributed by atoms with E-state index in [9.17, 15) is 13.2 Å². The van der Waals surface area contributed by atoms with Crippen LogP contribution in [-0.4, -0.2) is 20.7 Å². The van der Waals surface area contributed by atoms with Crippen molar-refractivity contribution >= 4 is 15.8 Å². The fourth-order valence-corrected chi connectivity index (χ4v) is 4.10. The molecule has 0 radical (unpaired) electrons. The highest BCUT2D eigenvalue weighted by Gasteiger charge is 2.20. The van der Waals surface area contributed by atoms with Gasteiger partial charge in [-0.05, 0) is 37.1 Å². The zero-order chi connectivity index (χ0) is 20.1. The first-order valence-corrected chi connectivity index (χ1v) is 10.6. The number of Topliss-reactive ketones (excluding diaryl/α,β-unsaturated/α-hetero) is 1. The molecule has 0 saturated carbocycles. The van der Waals surface area contributed by atoms with Crippen molar-refractivity contribution in [3.05, 3.63) is 101 Å². The lowest BCUT2D eigenvalue weighted by atomic mass is 9.90. The van der Waals surface area contributed by atoms with Crippen LogP contribution in [0.25, 0.3) is 0 Å². The van der Waals surface area contributed by atoms with Gasteiger partial charge < -0.3 is 0 Å². The predicted molar refractivity (Wildman–Crippen MR) is 111 cm³/mol. The number of benzene rings is 3. The van der Waals surface area contributed by atoms with Crippen LogP contribution in [0.15, 0.2) is 83.8 Å². The summed E-state index contributed by atoms with van der Waals surface area (Å²) in [6.45, 7) is 3.67. The molecule has 0 unspecified atom stereocenters. The van der Waals surface area contributed by atoms with E-state index in [1.54, 1.807) is 36.4 Å². The molecule has 0 heterocycles. The van der Waals surface area contributed by atoms with Crippen LogP contribution in [-0.2, 0) is 10.0 Å². The molecule has 0 amide bonds. The summed E-state index contributed by atoms with van der Waals surface area (Å²) in [4.78, 5) is 11.8. The molecule has 0 spiro atoms. The van der Waals surface area contributed by atoms with Crippen LogP contribution in [0, 0.1) is 6.92 Å². The summed E-state index contributed by atoms with van der Waals surface area (Å²) in [5, 5.41) is 0. The third kappa shape index (κ3) is 4.74. The zero-order valence-corrected chi connectivity index (χ0v) is 16.7. The second-order valence-electron chi connectivity index (χ2n) is 6.81. The molecule has 0 aromatic heterocycles. The highest BCUT2D eigenvalue weighted by Crippen LogP contribution is 2.25. The van der Waals surface area contributed by atoms with Crippen LogP contribution in [0.5, 0.6) is 0 Å². The maximum absolute atomic E-state index is 12.7. The number of ketones is 1. The van der Waals surface area contributed by atoms with Crippen molar-refractivity contribution in [3.63, 3.8) is 0 Å². The summed E-state index contributed by atoms with van der Waals surface area (Å²) in [7, 11) is -3.61. The molecule has 5 heteroatoms. The van der Waals surface area contributed by atoms with Gasteiger partial charge in [-0.1, -0.05) is 72.3 Å². The first-order valence-electron chi connectivity index (χ1n) is 9.09. The maximum Gasteiger partial charge on any atom is 0.240 e. The van der Waals surface area contributed by atoms with E-state index in [1.165, 1.54) is 6.92 Å². The molecule has 3 aromatic carbocycles. The molecule has 144 valence electrons. The van der Waals surface area contributed by atoms with Crippen molar-refractivity contribution in [2.45, 2.75) is 24.7 Å². The average Bonchev–Trinajstić information content (AvgIpc) is 2.69. The van der Waals surface area contributed by atoms with E-state index >= 15 is 0 Å². The van der Waals surface area contributed by atoms with Crippen molar-refractivity contribution in [2.75, 3.05) is 6.54 Å². The number of hydrogen-bond acceptors (Lipinski definition) is 3. The molecule has 3 aromatic rings. The number of carbonyl (C=O) groups excluding carboxylic acids is 1. The Labute approximate surface area is 166 Å². The van der Waals surface area contributed by atoms with E-state index < -0.39 is 10.0 Å². The average molecular weight is 394 g/mol. The Kier molecular flexibility index (Phi) is 6.07. The SMILES string of the molecule is CC(=O)c1ccc([C@H](CNS(=O)(=O)c2ccc(C)cc2)c2ccccc2)cc1. The summed E-state index contributed by atoms with van der Waals surface area (Å²) >= 11 is 0. The Bertz CT molecular complexity index is 1040. The number of rotatable bonds is 7. The fraction of sp³-hybridized carbons (Fsp3) is 0.174. The van der Waals surface area contributed by atoms with Crippen LogP contribution in [0.4, 0.5) is 0 Å². The van der Waals surface area contributed by atoms with Gasteiger partial charge in [-0.3, -0.25) is 4.79 Å². The van der Waals surface area contributed by atoms with Crippen LogP contribution < -0.4 is 4.72 Å². The van der Waals surface area contributed by atoms with Gasteiger partial charge in [0.25, 0.3) is 0 Å². The van der Waals surface area contributed by atoms with Crippen LogP contribution in [0.2, 0.25) is 0 Å². The first-order chi connectivity index (χ1) is 13.4. The maximum atomic E-state index is 12.7. The summed E-state index contributed by atoms with van der Waals surface area (Å²) in [6.07, 6.45) is 0.